The van der Waals surface area contributed by atoms with Gasteiger partial charge < -0.3 is 10.2 Å². The molecule has 4 N–H and O–H groups in total. The van der Waals surface area contributed by atoms with Gasteiger partial charge in [0.2, 0.25) is 0 Å². The van der Waals surface area contributed by atoms with E-state index in [1.165, 1.54) is 18.6 Å². The van der Waals surface area contributed by atoms with E-state index < -0.39 is 0 Å². The van der Waals surface area contributed by atoms with Crippen molar-refractivity contribution >= 4 is 17.6 Å². The third-order valence-electron chi connectivity index (χ3n) is 3.01. The zero-order valence-electron chi connectivity index (χ0n) is 10.7. The quantitative estimate of drug-likeness (QED) is 0.463. The van der Waals surface area contributed by atoms with Crippen LogP contribution < -0.4 is 10.6 Å². The molecule has 1 aromatic rings. The zero-order valence-corrected chi connectivity index (χ0v) is 10.7. The van der Waals surface area contributed by atoms with Crippen molar-refractivity contribution in [2.45, 2.75) is 19.3 Å². The molecule has 19 heavy (non-hydrogen) atoms. The number of hydrogen-bond donors (Lipinski definition) is 4. The fraction of sp³-hybridized carbons (Fsp3) is 0.385. The third kappa shape index (κ3) is 3.94. The zero-order chi connectivity index (χ0) is 13.7. The van der Waals surface area contributed by atoms with Crippen LogP contribution in [0, 0.1) is 16.6 Å². The molecular weight excluding hydrogens is 245 g/mol. The van der Waals surface area contributed by atoms with Gasteiger partial charge in [0.1, 0.15) is 5.82 Å². The molecule has 0 aliphatic carbocycles. The number of rotatable bonds is 1. The SMILES string of the molecule is N=C(NC(=N)N1CCCCC1)Nc1cccc(F)c1. The number of anilines is 1. The van der Waals surface area contributed by atoms with E-state index in [1.54, 1.807) is 12.1 Å². The van der Waals surface area contributed by atoms with Gasteiger partial charge >= 0.3 is 0 Å². The number of halogens is 1. The molecule has 0 bridgehead atoms. The maximum Gasteiger partial charge on any atom is 0.199 e. The molecule has 1 fully saturated rings. The minimum atomic E-state index is -0.357. The number of likely N-dealkylation sites (tertiary alicyclic amines) is 1. The molecular formula is C13H18FN5. The Morgan fingerprint density at radius 3 is 2.58 bits per heavy atom. The topological polar surface area (TPSA) is 75.0 Å². The first-order valence-corrected chi connectivity index (χ1v) is 6.37. The summed E-state index contributed by atoms with van der Waals surface area (Å²) in [5.41, 5.74) is 0.490. The second kappa shape index (κ2) is 6.17. The van der Waals surface area contributed by atoms with Crippen molar-refractivity contribution in [3.05, 3.63) is 30.1 Å². The lowest BCUT2D eigenvalue weighted by Gasteiger charge is -2.29. The van der Waals surface area contributed by atoms with Crippen LogP contribution in [0.3, 0.4) is 0 Å². The molecule has 0 radical (unpaired) electrons. The first-order valence-electron chi connectivity index (χ1n) is 6.37. The lowest BCUT2D eigenvalue weighted by atomic mass is 10.1. The van der Waals surface area contributed by atoms with E-state index in [-0.39, 0.29) is 17.7 Å². The number of hydrogen-bond acceptors (Lipinski definition) is 2. The minimum Gasteiger partial charge on any atom is -0.343 e. The monoisotopic (exact) mass is 263 g/mol. The number of nitrogens with zero attached hydrogens (tertiary/aromatic N) is 1. The number of nitrogens with one attached hydrogen (secondary N) is 4. The van der Waals surface area contributed by atoms with Gasteiger partial charge in [0.05, 0.1) is 0 Å². The average Bonchev–Trinajstić information content (AvgIpc) is 2.39. The second-order valence-corrected chi connectivity index (χ2v) is 4.53. The van der Waals surface area contributed by atoms with Gasteiger partial charge in [-0.1, -0.05) is 6.07 Å². The largest absolute Gasteiger partial charge is 0.343 e. The summed E-state index contributed by atoms with van der Waals surface area (Å²) in [6, 6.07) is 5.89. The molecule has 0 aromatic heterocycles. The second-order valence-electron chi connectivity index (χ2n) is 4.53. The smallest absolute Gasteiger partial charge is 0.199 e. The average molecular weight is 263 g/mol. The molecule has 1 heterocycles. The molecule has 1 saturated heterocycles. The predicted molar refractivity (Wildman–Crippen MR) is 74.0 cm³/mol. The van der Waals surface area contributed by atoms with Crippen LogP contribution in [-0.4, -0.2) is 29.9 Å². The molecule has 102 valence electrons. The lowest BCUT2D eigenvalue weighted by molar-refractivity contribution is 0.334. The molecule has 0 unspecified atom stereocenters. The summed E-state index contributed by atoms with van der Waals surface area (Å²) in [6.45, 7) is 1.69. The number of piperidine rings is 1. The Morgan fingerprint density at radius 2 is 1.89 bits per heavy atom. The van der Waals surface area contributed by atoms with Gasteiger partial charge in [-0.25, -0.2) is 4.39 Å². The summed E-state index contributed by atoms with van der Waals surface area (Å²) < 4.78 is 13.0. The highest BCUT2D eigenvalue weighted by Gasteiger charge is 2.14. The van der Waals surface area contributed by atoms with Crippen molar-refractivity contribution in [1.29, 1.82) is 10.8 Å². The van der Waals surface area contributed by atoms with Crippen LogP contribution in [-0.2, 0) is 0 Å². The van der Waals surface area contributed by atoms with Crippen molar-refractivity contribution in [3.8, 4) is 0 Å². The van der Waals surface area contributed by atoms with Gasteiger partial charge in [-0.3, -0.25) is 16.1 Å². The van der Waals surface area contributed by atoms with Crippen LogP contribution in [0.1, 0.15) is 19.3 Å². The fourth-order valence-electron chi connectivity index (χ4n) is 2.06. The van der Waals surface area contributed by atoms with E-state index in [0.29, 0.717) is 5.69 Å². The molecule has 2 rings (SSSR count). The van der Waals surface area contributed by atoms with Crippen molar-refractivity contribution in [2.75, 3.05) is 18.4 Å². The predicted octanol–water partition coefficient (Wildman–Crippen LogP) is 2.18. The van der Waals surface area contributed by atoms with Gasteiger partial charge in [0.15, 0.2) is 11.9 Å². The van der Waals surface area contributed by atoms with Gasteiger partial charge in [-0.05, 0) is 37.5 Å². The van der Waals surface area contributed by atoms with Gasteiger partial charge in [-0.2, -0.15) is 0 Å². The molecule has 1 aliphatic heterocycles. The summed E-state index contributed by atoms with van der Waals surface area (Å²) >= 11 is 0. The first-order chi connectivity index (χ1) is 9.15. The van der Waals surface area contributed by atoms with E-state index in [4.69, 9.17) is 10.8 Å². The van der Waals surface area contributed by atoms with Gasteiger partial charge in [-0.15, -0.1) is 0 Å². The van der Waals surface area contributed by atoms with Crippen LogP contribution in [0.2, 0.25) is 0 Å². The maximum atomic E-state index is 13.0. The third-order valence-corrected chi connectivity index (χ3v) is 3.01. The van der Waals surface area contributed by atoms with E-state index in [2.05, 4.69) is 10.6 Å². The van der Waals surface area contributed by atoms with Crippen molar-refractivity contribution < 1.29 is 4.39 Å². The maximum absolute atomic E-state index is 13.0. The Hall–Kier alpha value is -2.11. The van der Waals surface area contributed by atoms with Crippen LogP contribution >= 0.6 is 0 Å². The molecule has 6 heteroatoms. The van der Waals surface area contributed by atoms with Crippen molar-refractivity contribution in [2.24, 2.45) is 0 Å². The van der Waals surface area contributed by atoms with E-state index in [1.807, 2.05) is 4.90 Å². The van der Waals surface area contributed by atoms with Crippen LogP contribution in [0.4, 0.5) is 10.1 Å². The highest BCUT2D eigenvalue weighted by atomic mass is 19.1. The van der Waals surface area contributed by atoms with E-state index in [9.17, 15) is 4.39 Å². The van der Waals surface area contributed by atoms with Gasteiger partial charge in [0.25, 0.3) is 0 Å². The van der Waals surface area contributed by atoms with Crippen molar-refractivity contribution in [3.63, 3.8) is 0 Å². The van der Waals surface area contributed by atoms with E-state index in [0.717, 1.165) is 25.9 Å². The Kier molecular flexibility index (Phi) is 4.33. The van der Waals surface area contributed by atoms with Crippen LogP contribution in [0.15, 0.2) is 24.3 Å². The summed E-state index contributed by atoms with van der Waals surface area (Å²) in [5.74, 6) is -0.168. The summed E-state index contributed by atoms with van der Waals surface area (Å²) in [4.78, 5) is 1.91. The molecule has 1 aromatic carbocycles. The Bertz CT molecular complexity index is 468. The Labute approximate surface area is 111 Å². The molecule has 5 nitrogen and oxygen atoms in total. The van der Waals surface area contributed by atoms with Gasteiger partial charge in [0, 0.05) is 18.8 Å². The molecule has 1 aliphatic rings. The molecule has 0 amide bonds. The normalized spacial score (nSPS) is 14.9. The molecule has 0 atom stereocenters. The standard InChI is InChI=1S/C13H18FN5/c14-10-5-4-6-11(9-10)17-12(15)18-13(16)19-7-2-1-3-8-19/h4-6,9H,1-3,7-8H2,(H4,15,16,17,18). The first kappa shape index (κ1) is 13.3. The summed E-state index contributed by atoms with van der Waals surface area (Å²) in [6.07, 6.45) is 3.35. The highest BCUT2D eigenvalue weighted by Crippen LogP contribution is 2.09. The summed E-state index contributed by atoms with van der Waals surface area (Å²) in [5, 5.41) is 21.0. The lowest BCUT2D eigenvalue weighted by Crippen LogP contribution is -2.47. The van der Waals surface area contributed by atoms with Crippen molar-refractivity contribution in [1.82, 2.24) is 10.2 Å². The van der Waals surface area contributed by atoms with Crippen LogP contribution in [0.25, 0.3) is 0 Å². The Morgan fingerprint density at radius 1 is 1.16 bits per heavy atom. The van der Waals surface area contributed by atoms with E-state index >= 15 is 0 Å². The summed E-state index contributed by atoms with van der Waals surface area (Å²) in [7, 11) is 0. The Balaban J connectivity index is 1.85. The van der Waals surface area contributed by atoms with Crippen LogP contribution in [0.5, 0.6) is 0 Å². The molecule has 0 spiro atoms. The minimum absolute atomic E-state index is 0.0267. The molecule has 0 saturated carbocycles. The highest BCUT2D eigenvalue weighted by molar-refractivity contribution is 6.02. The number of benzene rings is 1. The fourth-order valence-corrected chi connectivity index (χ4v) is 2.06. The number of guanidine groups is 2.